The largest absolute Gasteiger partial charge is 0.309 e. The van der Waals surface area contributed by atoms with Gasteiger partial charge in [0.1, 0.15) is 0 Å². The van der Waals surface area contributed by atoms with Crippen LogP contribution >= 0.6 is 7.14 Å². The second kappa shape index (κ2) is 7.48. The molecule has 0 amide bonds. The summed E-state index contributed by atoms with van der Waals surface area (Å²) in [6, 6.07) is 43.4. The van der Waals surface area contributed by atoms with Gasteiger partial charge in [0.2, 0.25) is 0 Å². The summed E-state index contributed by atoms with van der Waals surface area (Å²) in [6.45, 7) is 0. The quantitative estimate of drug-likeness (QED) is 0.283. The minimum absolute atomic E-state index is 0.869. The molecule has 6 rings (SSSR count). The van der Waals surface area contributed by atoms with Crippen LogP contribution < -0.4 is 15.9 Å². The third-order valence-corrected chi connectivity index (χ3v) is 9.48. The Morgan fingerprint density at radius 2 is 0.938 bits per heavy atom. The predicted molar refractivity (Wildman–Crippen MR) is 136 cm³/mol. The molecule has 152 valence electrons. The van der Waals surface area contributed by atoms with E-state index in [1.165, 1.54) is 0 Å². The van der Waals surface area contributed by atoms with Crippen molar-refractivity contribution in [1.29, 1.82) is 0 Å². The Morgan fingerprint density at radius 1 is 0.406 bits per heavy atom. The minimum Gasteiger partial charge on any atom is -0.309 e. The summed E-state index contributed by atoms with van der Waals surface area (Å²) < 4.78 is 15.2. The molecule has 0 saturated heterocycles. The lowest BCUT2D eigenvalue weighted by atomic mass is 9.93. The maximum Gasteiger partial charge on any atom is 0.172 e. The van der Waals surface area contributed by atoms with E-state index in [1.807, 2.05) is 54.6 Å². The van der Waals surface area contributed by atoms with Crippen molar-refractivity contribution in [2.24, 2.45) is 0 Å². The van der Waals surface area contributed by atoms with Gasteiger partial charge in [0, 0.05) is 15.9 Å². The molecule has 0 fully saturated rings. The van der Waals surface area contributed by atoms with Crippen LogP contribution in [0.4, 0.5) is 0 Å². The lowest BCUT2D eigenvalue weighted by Gasteiger charge is -2.22. The smallest absolute Gasteiger partial charge is 0.172 e. The van der Waals surface area contributed by atoms with Crippen LogP contribution in [-0.2, 0) is 4.57 Å². The Balaban J connectivity index is 1.75. The van der Waals surface area contributed by atoms with Crippen molar-refractivity contribution >= 4 is 23.1 Å². The summed E-state index contributed by atoms with van der Waals surface area (Å²) in [4.78, 5) is 0. The van der Waals surface area contributed by atoms with E-state index in [-0.39, 0.29) is 0 Å². The Morgan fingerprint density at radius 3 is 1.66 bits per heavy atom. The van der Waals surface area contributed by atoms with Gasteiger partial charge in [-0.25, -0.2) is 0 Å². The Hall–Kier alpha value is -3.67. The number of hydrogen-bond donors (Lipinski definition) is 0. The SMILES string of the molecule is O=P1(c2ccccc2)c2ccccc2-c2ccccc2-c2cc(-c3ccccc3)ccc21. The van der Waals surface area contributed by atoms with Gasteiger partial charge < -0.3 is 4.57 Å². The highest BCUT2D eigenvalue weighted by atomic mass is 31.2. The van der Waals surface area contributed by atoms with Crippen LogP contribution in [0.2, 0.25) is 0 Å². The molecule has 5 aromatic carbocycles. The standard InChI is InChI=1S/C30H21OP/c31-32(24-13-5-2-6-14-24)29-18-10-9-17-27(29)25-15-7-8-16-26(25)28-21-23(19-20-30(28)32)22-11-3-1-4-12-22/h1-21H. The van der Waals surface area contributed by atoms with Crippen molar-refractivity contribution in [1.82, 2.24) is 0 Å². The van der Waals surface area contributed by atoms with E-state index in [0.29, 0.717) is 0 Å². The summed E-state index contributed by atoms with van der Waals surface area (Å²) in [6.07, 6.45) is 0. The highest BCUT2D eigenvalue weighted by molar-refractivity contribution is 7.85. The van der Waals surface area contributed by atoms with Gasteiger partial charge in [-0.3, -0.25) is 0 Å². The minimum atomic E-state index is -3.08. The molecule has 1 heterocycles. The fraction of sp³-hybridized carbons (Fsp3) is 0. The van der Waals surface area contributed by atoms with Gasteiger partial charge in [-0.05, 0) is 45.5 Å². The molecule has 32 heavy (non-hydrogen) atoms. The molecule has 2 heteroatoms. The molecule has 5 aromatic rings. The lowest BCUT2D eigenvalue weighted by Crippen LogP contribution is -2.26. The van der Waals surface area contributed by atoms with Crippen molar-refractivity contribution in [3.8, 4) is 33.4 Å². The summed E-state index contributed by atoms with van der Waals surface area (Å²) >= 11 is 0. The van der Waals surface area contributed by atoms with Crippen molar-refractivity contribution in [3.05, 3.63) is 127 Å². The van der Waals surface area contributed by atoms with Crippen molar-refractivity contribution in [2.45, 2.75) is 0 Å². The first-order valence-corrected chi connectivity index (χ1v) is 12.5. The van der Waals surface area contributed by atoms with Gasteiger partial charge in [0.05, 0.1) is 0 Å². The Labute approximate surface area is 188 Å². The summed E-state index contributed by atoms with van der Waals surface area (Å²) in [5, 5.41) is 2.68. The van der Waals surface area contributed by atoms with Crippen LogP contribution in [0.5, 0.6) is 0 Å². The lowest BCUT2D eigenvalue weighted by molar-refractivity contribution is 0.592. The van der Waals surface area contributed by atoms with Gasteiger partial charge in [-0.2, -0.15) is 0 Å². The second-order valence-corrected chi connectivity index (χ2v) is 10.8. The molecule has 1 aliphatic rings. The van der Waals surface area contributed by atoms with Crippen LogP contribution in [0.25, 0.3) is 33.4 Å². The van der Waals surface area contributed by atoms with Crippen molar-refractivity contribution in [2.75, 3.05) is 0 Å². The number of benzene rings is 5. The van der Waals surface area contributed by atoms with Gasteiger partial charge in [-0.15, -0.1) is 0 Å². The number of hydrogen-bond acceptors (Lipinski definition) is 1. The van der Waals surface area contributed by atoms with E-state index in [0.717, 1.165) is 49.3 Å². The van der Waals surface area contributed by atoms with E-state index >= 15 is 4.57 Å². The average molecular weight is 428 g/mol. The summed E-state index contributed by atoms with van der Waals surface area (Å²) in [7, 11) is -3.08. The molecule has 1 nitrogen and oxygen atoms in total. The zero-order valence-corrected chi connectivity index (χ0v) is 18.4. The maximum atomic E-state index is 15.2. The Bertz CT molecular complexity index is 1490. The average Bonchev–Trinajstić information content (AvgIpc) is 2.97. The molecule has 0 saturated carbocycles. The van der Waals surface area contributed by atoms with Gasteiger partial charge >= 0.3 is 0 Å². The number of rotatable bonds is 2. The Kier molecular flexibility index (Phi) is 4.45. The summed E-state index contributed by atoms with van der Waals surface area (Å²) in [5.41, 5.74) is 6.64. The fourth-order valence-electron chi connectivity index (χ4n) is 4.81. The normalized spacial score (nSPS) is 16.4. The molecule has 0 radical (unpaired) electrons. The highest BCUT2D eigenvalue weighted by Crippen LogP contribution is 2.51. The van der Waals surface area contributed by atoms with Crippen molar-refractivity contribution < 1.29 is 4.57 Å². The van der Waals surface area contributed by atoms with Gasteiger partial charge in [-0.1, -0.05) is 115 Å². The molecule has 0 aromatic heterocycles. The first-order chi connectivity index (χ1) is 15.8. The topological polar surface area (TPSA) is 17.1 Å². The molecule has 1 unspecified atom stereocenters. The third-order valence-electron chi connectivity index (χ3n) is 6.31. The number of fused-ring (bicyclic) bond motifs is 5. The highest BCUT2D eigenvalue weighted by Gasteiger charge is 2.37. The predicted octanol–water partition coefficient (Wildman–Crippen LogP) is 6.64. The first kappa shape index (κ1) is 19.0. The molecule has 0 bridgehead atoms. The van der Waals surface area contributed by atoms with E-state index in [4.69, 9.17) is 0 Å². The monoisotopic (exact) mass is 428 g/mol. The van der Waals surface area contributed by atoms with E-state index in [2.05, 4.69) is 72.8 Å². The molecule has 1 aliphatic heterocycles. The summed E-state index contributed by atoms with van der Waals surface area (Å²) in [5.74, 6) is 0. The van der Waals surface area contributed by atoms with Crippen LogP contribution in [0, 0.1) is 0 Å². The van der Waals surface area contributed by atoms with Crippen molar-refractivity contribution in [3.63, 3.8) is 0 Å². The van der Waals surface area contributed by atoms with Crippen LogP contribution in [0.3, 0.4) is 0 Å². The molecule has 0 spiro atoms. The van der Waals surface area contributed by atoms with Crippen LogP contribution in [-0.4, -0.2) is 0 Å². The van der Waals surface area contributed by atoms with Gasteiger partial charge in [0.15, 0.2) is 7.14 Å². The van der Waals surface area contributed by atoms with Crippen LogP contribution in [0.1, 0.15) is 0 Å². The second-order valence-electron chi connectivity index (χ2n) is 8.11. The first-order valence-electron chi connectivity index (χ1n) is 10.8. The molecular formula is C30H21OP. The molecule has 1 atom stereocenters. The third kappa shape index (κ3) is 2.83. The maximum absolute atomic E-state index is 15.2. The molecule has 0 aliphatic carbocycles. The van der Waals surface area contributed by atoms with Gasteiger partial charge in [0.25, 0.3) is 0 Å². The fourth-order valence-corrected chi connectivity index (χ4v) is 7.86. The van der Waals surface area contributed by atoms with E-state index in [1.54, 1.807) is 0 Å². The van der Waals surface area contributed by atoms with E-state index < -0.39 is 7.14 Å². The molecule has 0 N–H and O–H groups in total. The van der Waals surface area contributed by atoms with E-state index in [9.17, 15) is 0 Å². The zero-order chi connectivity index (χ0) is 21.5. The zero-order valence-electron chi connectivity index (χ0n) is 17.5. The molecular weight excluding hydrogens is 407 g/mol. The van der Waals surface area contributed by atoms with Crippen LogP contribution in [0.15, 0.2) is 127 Å².